The van der Waals surface area contributed by atoms with E-state index in [-0.39, 0.29) is 5.56 Å². The van der Waals surface area contributed by atoms with Crippen molar-refractivity contribution in [3.63, 3.8) is 0 Å². The number of anilines is 1. The minimum atomic E-state index is -0.929. The molecule has 1 aromatic carbocycles. The summed E-state index contributed by atoms with van der Waals surface area (Å²) in [6.07, 6.45) is 0. The average Bonchev–Trinajstić information content (AvgIpc) is 2.39. The second-order valence-electron chi connectivity index (χ2n) is 4.35. The highest BCUT2D eigenvalue weighted by Crippen LogP contribution is 2.24. The molecule has 6 heteroatoms. The molecular formula is C13H17BrN2O3. The fourth-order valence-corrected chi connectivity index (χ4v) is 2.60. The number of carboxylic acids is 1. The van der Waals surface area contributed by atoms with Crippen LogP contribution in [-0.2, 0) is 4.74 Å². The molecule has 0 unspecified atom stereocenters. The van der Waals surface area contributed by atoms with E-state index in [0.29, 0.717) is 10.2 Å². The minimum Gasteiger partial charge on any atom is -0.478 e. The van der Waals surface area contributed by atoms with Gasteiger partial charge in [-0.25, -0.2) is 4.79 Å². The van der Waals surface area contributed by atoms with E-state index in [1.807, 2.05) is 6.07 Å². The van der Waals surface area contributed by atoms with Gasteiger partial charge in [0.15, 0.2) is 0 Å². The highest BCUT2D eigenvalue weighted by molar-refractivity contribution is 9.10. The van der Waals surface area contributed by atoms with E-state index in [9.17, 15) is 9.90 Å². The summed E-state index contributed by atoms with van der Waals surface area (Å²) in [5, 5.41) is 12.4. The highest BCUT2D eigenvalue weighted by atomic mass is 79.9. The molecule has 19 heavy (non-hydrogen) atoms. The SMILES string of the molecule is O=C(O)c1c(Br)cccc1NCCN1CCOCC1. The lowest BCUT2D eigenvalue weighted by Crippen LogP contribution is -2.39. The number of hydrogen-bond acceptors (Lipinski definition) is 4. The number of morpholine rings is 1. The Bertz CT molecular complexity index is 448. The Kier molecular flexibility index (Phi) is 5.18. The summed E-state index contributed by atoms with van der Waals surface area (Å²) in [5.41, 5.74) is 0.930. The third kappa shape index (κ3) is 3.92. The third-order valence-corrected chi connectivity index (χ3v) is 3.74. The number of carbonyl (C=O) groups is 1. The molecule has 1 aliphatic rings. The standard InChI is InChI=1S/C13H17BrN2O3/c14-10-2-1-3-11(12(10)13(17)18)15-4-5-16-6-8-19-9-7-16/h1-3,15H,4-9H2,(H,17,18). The molecule has 0 spiro atoms. The van der Waals surface area contributed by atoms with Crippen LogP contribution >= 0.6 is 15.9 Å². The van der Waals surface area contributed by atoms with Crippen LogP contribution in [0, 0.1) is 0 Å². The van der Waals surface area contributed by atoms with Crippen molar-refractivity contribution < 1.29 is 14.6 Å². The van der Waals surface area contributed by atoms with Crippen molar-refractivity contribution in [2.75, 3.05) is 44.7 Å². The summed E-state index contributed by atoms with van der Waals surface area (Å²) >= 11 is 3.27. The van der Waals surface area contributed by atoms with E-state index in [1.165, 1.54) is 0 Å². The lowest BCUT2D eigenvalue weighted by molar-refractivity contribution is 0.0398. The van der Waals surface area contributed by atoms with E-state index in [0.717, 1.165) is 39.4 Å². The molecule has 0 aromatic heterocycles. The molecule has 1 aromatic rings. The Morgan fingerprint density at radius 3 is 2.84 bits per heavy atom. The molecular weight excluding hydrogens is 312 g/mol. The van der Waals surface area contributed by atoms with Gasteiger partial charge in [0.2, 0.25) is 0 Å². The fraction of sp³-hybridized carbons (Fsp3) is 0.462. The summed E-state index contributed by atoms with van der Waals surface area (Å²) in [4.78, 5) is 13.5. The van der Waals surface area contributed by atoms with Crippen LogP contribution < -0.4 is 5.32 Å². The van der Waals surface area contributed by atoms with E-state index < -0.39 is 5.97 Å². The molecule has 0 atom stereocenters. The third-order valence-electron chi connectivity index (χ3n) is 3.07. The molecule has 1 heterocycles. The van der Waals surface area contributed by atoms with Gasteiger partial charge in [-0.15, -0.1) is 0 Å². The number of hydrogen-bond donors (Lipinski definition) is 2. The Labute approximate surface area is 120 Å². The molecule has 0 bridgehead atoms. The minimum absolute atomic E-state index is 0.282. The van der Waals surface area contributed by atoms with Gasteiger partial charge in [0, 0.05) is 36.3 Å². The maximum atomic E-state index is 11.2. The van der Waals surface area contributed by atoms with E-state index in [2.05, 4.69) is 26.1 Å². The predicted molar refractivity (Wildman–Crippen MR) is 76.9 cm³/mol. The van der Waals surface area contributed by atoms with Crippen molar-refractivity contribution in [1.29, 1.82) is 0 Å². The van der Waals surface area contributed by atoms with Gasteiger partial charge in [0.1, 0.15) is 0 Å². The number of benzene rings is 1. The van der Waals surface area contributed by atoms with Crippen molar-refractivity contribution >= 4 is 27.6 Å². The molecule has 1 saturated heterocycles. The van der Waals surface area contributed by atoms with Gasteiger partial charge in [0.05, 0.1) is 18.8 Å². The lowest BCUT2D eigenvalue weighted by atomic mass is 10.2. The van der Waals surface area contributed by atoms with Gasteiger partial charge < -0.3 is 15.2 Å². The van der Waals surface area contributed by atoms with Gasteiger partial charge in [-0.05, 0) is 28.1 Å². The molecule has 0 saturated carbocycles. The topological polar surface area (TPSA) is 61.8 Å². The normalized spacial score (nSPS) is 16.3. The van der Waals surface area contributed by atoms with E-state index in [1.54, 1.807) is 12.1 Å². The number of nitrogens with one attached hydrogen (secondary N) is 1. The molecule has 104 valence electrons. The van der Waals surface area contributed by atoms with Gasteiger partial charge in [-0.3, -0.25) is 4.90 Å². The van der Waals surface area contributed by atoms with Gasteiger partial charge in [-0.1, -0.05) is 6.07 Å². The number of ether oxygens (including phenoxy) is 1. The van der Waals surface area contributed by atoms with E-state index in [4.69, 9.17) is 4.74 Å². The van der Waals surface area contributed by atoms with Crippen molar-refractivity contribution in [1.82, 2.24) is 4.90 Å². The molecule has 1 aliphatic heterocycles. The molecule has 5 nitrogen and oxygen atoms in total. The van der Waals surface area contributed by atoms with Crippen LogP contribution in [0.3, 0.4) is 0 Å². The predicted octanol–water partition coefficient (Wildman–Crippen LogP) is 1.89. The second-order valence-corrected chi connectivity index (χ2v) is 5.20. The number of rotatable bonds is 5. The summed E-state index contributed by atoms with van der Waals surface area (Å²) in [6, 6.07) is 5.34. The summed E-state index contributed by atoms with van der Waals surface area (Å²) in [5.74, 6) is -0.929. The fourth-order valence-electron chi connectivity index (χ4n) is 2.06. The molecule has 0 radical (unpaired) electrons. The molecule has 0 amide bonds. The van der Waals surface area contributed by atoms with Gasteiger partial charge in [-0.2, -0.15) is 0 Å². The first kappa shape index (κ1) is 14.3. The summed E-state index contributed by atoms with van der Waals surface area (Å²) in [6.45, 7) is 5.03. The molecule has 1 fully saturated rings. The van der Waals surface area contributed by atoms with Crippen molar-refractivity contribution in [3.05, 3.63) is 28.2 Å². The van der Waals surface area contributed by atoms with Crippen LogP contribution in [0.15, 0.2) is 22.7 Å². The van der Waals surface area contributed by atoms with Gasteiger partial charge in [0.25, 0.3) is 0 Å². The molecule has 2 rings (SSSR count). The number of carboxylic acid groups (broad SMARTS) is 1. The summed E-state index contributed by atoms with van der Waals surface area (Å²) in [7, 11) is 0. The van der Waals surface area contributed by atoms with Crippen molar-refractivity contribution in [2.24, 2.45) is 0 Å². The first-order valence-electron chi connectivity index (χ1n) is 6.24. The second kappa shape index (κ2) is 6.88. The number of aromatic carboxylic acids is 1. The Hall–Kier alpha value is -1.11. The van der Waals surface area contributed by atoms with Crippen LogP contribution in [0.4, 0.5) is 5.69 Å². The van der Waals surface area contributed by atoms with Crippen LogP contribution in [-0.4, -0.2) is 55.4 Å². The first-order chi connectivity index (χ1) is 9.18. The van der Waals surface area contributed by atoms with Crippen LogP contribution in [0.1, 0.15) is 10.4 Å². The van der Waals surface area contributed by atoms with Crippen LogP contribution in [0.5, 0.6) is 0 Å². The van der Waals surface area contributed by atoms with Crippen LogP contribution in [0.2, 0.25) is 0 Å². The average molecular weight is 329 g/mol. The number of halogens is 1. The highest BCUT2D eigenvalue weighted by Gasteiger charge is 2.14. The lowest BCUT2D eigenvalue weighted by Gasteiger charge is -2.26. The van der Waals surface area contributed by atoms with Crippen molar-refractivity contribution in [2.45, 2.75) is 0 Å². The Balaban J connectivity index is 1.92. The van der Waals surface area contributed by atoms with E-state index >= 15 is 0 Å². The molecule has 2 N–H and O–H groups in total. The summed E-state index contributed by atoms with van der Waals surface area (Å²) < 4.78 is 5.88. The molecule has 0 aliphatic carbocycles. The zero-order chi connectivity index (χ0) is 13.7. The number of nitrogens with zero attached hydrogens (tertiary/aromatic N) is 1. The monoisotopic (exact) mass is 328 g/mol. The zero-order valence-electron chi connectivity index (χ0n) is 10.6. The first-order valence-corrected chi connectivity index (χ1v) is 7.03. The van der Waals surface area contributed by atoms with Gasteiger partial charge >= 0.3 is 5.97 Å². The Morgan fingerprint density at radius 2 is 2.16 bits per heavy atom. The maximum absolute atomic E-state index is 11.2. The van der Waals surface area contributed by atoms with Crippen LogP contribution in [0.25, 0.3) is 0 Å². The maximum Gasteiger partial charge on any atom is 0.338 e. The largest absolute Gasteiger partial charge is 0.478 e. The Morgan fingerprint density at radius 1 is 1.42 bits per heavy atom. The smallest absolute Gasteiger partial charge is 0.338 e. The zero-order valence-corrected chi connectivity index (χ0v) is 12.1. The van der Waals surface area contributed by atoms with Crippen molar-refractivity contribution in [3.8, 4) is 0 Å². The quantitative estimate of drug-likeness (QED) is 0.864.